The minimum atomic E-state index is -1.23. The lowest BCUT2D eigenvalue weighted by molar-refractivity contribution is -0.138. The summed E-state index contributed by atoms with van der Waals surface area (Å²) in [5, 5.41) is 16.0. The van der Waals surface area contributed by atoms with Gasteiger partial charge >= 0.3 is 49.3 Å². The number of carbonyl (C=O) groups excluding carboxylic acids is 10. The van der Waals surface area contributed by atoms with Gasteiger partial charge in [0.25, 0.3) is 0 Å². The number of hydrogen-bond acceptors (Lipinski definition) is 20. The number of rotatable bonds is 28. The largest absolute Gasteiger partial charge is 0.538 e. The van der Waals surface area contributed by atoms with Crippen LogP contribution in [0.25, 0.3) is 10.8 Å². The Morgan fingerprint density at radius 2 is 1.09 bits per heavy atom. The van der Waals surface area contributed by atoms with E-state index in [1.54, 1.807) is 0 Å². The van der Waals surface area contributed by atoms with Crippen molar-refractivity contribution in [3.63, 3.8) is 0 Å². The minimum absolute atomic E-state index is 0.00533. The van der Waals surface area contributed by atoms with Crippen molar-refractivity contribution in [2.24, 2.45) is 11.8 Å². The molecule has 2 fully saturated rings. The van der Waals surface area contributed by atoms with Crippen molar-refractivity contribution < 1.29 is 75.2 Å². The molecule has 5 N–H and O–H groups in total. The Hall–Kier alpha value is -4.75. The molecule has 8 atom stereocenters. The van der Waals surface area contributed by atoms with Crippen LogP contribution in [0.3, 0.4) is 0 Å². The van der Waals surface area contributed by atoms with Crippen LogP contribution < -0.4 is 26.6 Å². The van der Waals surface area contributed by atoms with Gasteiger partial charge in [-0.05, 0) is 73.6 Å². The standard InChI is InChI=1S/C50H78BN9O16P5/c1-51-71-48(68)39(15-16-42(62)72-77)56-50(70)55-38(49(69)76-81)8-4-5-17-52-47(67)40(27-34-11-12-35-6-2-3-7-37(35)26-34)54-46(66)36-13-9-33(10-14-36)28-53-41(61)29-57-18-20-58(30-43(63)73-78)22-24-60(32-45(65)75-80)25-23-59(21-19-57)31-44(64)74-79/h2-3,6-7,11-12,26,33,36,38-40H,4-5,8-10,13-25,27-32,77-81H2,1H3,(H,52,67)(H,53,61)(H,54,66)(H2,55,56,70). The summed E-state index contributed by atoms with van der Waals surface area (Å²) in [5.41, 5.74) is 0.843. The Morgan fingerprint density at radius 3 is 1.60 bits per heavy atom. The second-order valence-electron chi connectivity index (χ2n) is 19.7. The summed E-state index contributed by atoms with van der Waals surface area (Å²) in [6, 6.07) is 9.54. The SMILES string of the molecule is C[B]OC(=O)C(CCC(=O)OP)NC(=O)NC(CCCCNC(=O)C(Cc1ccc2ccccc2c1)NC(=O)C1CCC(CNC(=O)CN2CCN(CC(=O)OP)CCN(CC(=O)OP)CCN(CC(=O)OP)CC2)CC1)C(=O)OP. The number of unbranched alkanes of at least 4 members (excludes halogenated alkanes) is 1. The van der Waals surface area contributed by atoms with Gasteiger partial charge in [-0.2, -0.15) is 0 Å². The number of nitrogens with zero attached hydrogens (tertiary/aromatic N) is 4. The molecular formula is C50H78BN9O16P5. The first-order valence-electron chi connectivity index (χ1n) is 26.7. The van der Waals surface area contributed by atoms with Gasteiger partial charge in [-0.1, -0.05) is 49.3 Å². The lowest BCUT2D eigenvalue weighted by atomic mass is 9.81. The molecule has 4 rings (SSSR count). The van der Waals surface area contributed by atoms with Crippen LogP contribution in [0.15, 0.2) is 42.5 Å². The lowest BCUT2D eigenvalue weighted by Crippen LogP contribution is -2.51. The zero-order valence-electron chi connectivity index (χ0n) is 45.7. The maximum absolute atomic E-state index is 14.0. The minimum Gasteiger partial charge on any atom is -0.538 e. The molecule has 1 aliphatic heterocycles. The first-order valence-corrected chi connectivity index (χ1v) is 29.1. The Bertz CT molecular complexity index is 2380. The van der Waals surface area contributed by atoms with E-state index in [0.29, 0.717) is 97.4 Å². The zero-order chi connectivity index (χ0) is 59.1. The van der Waals surface area contributed by atoms with Crippen molar-refractivity contribution in [3.8, 4) is 0 Å². The molecule has 25 nitrogen and oxygen atoms in total. The summed E-state index contributed by atoms with van der Waals surface area (Å²) in [6.45, 7) is 5.38. The number of amides is 5. The van der Waals surface area contributed by atoms with E-state index in [1.165, 1.54) is 6.82 Å². The van der Waals surface area contributed by atoms with Crippen molar-refractivity contribution >= 4 is 125 Å². The third kappa shape index (κ3) is 26.2. The van der Waals surface area contributed by atoms with Crippen molar-refractivity contribution in [2.45, 2.75) is 89.2 Å². The summed E-state index contributed by atoms with van der Waals surface area (Å²) < 4.78 is 28.8. The molecule has 2 aromatic carbocycles. The molecule has 1 heterocycles. The molecule has 1 aliphatic carbocycles. The Labute approximate surface area is 485 Å². The van der Waals surface area contributed by atoms with E-state index >= 15 is 0 Å². The van der Waals surface area contributed by atoms with E-state index in [-0.39, 0.29) is 82.1 Å². The van der Waals surface area contributed by atoms with E-state index in [2.05, 4.69) is 31.1 Å². The van der Waals surface area contributed by atoms with Crippen molar-refractivity contribution in [2.75, 3.05) is 91.6 Å². The summed E-state index contributed by atoms with van der Waals surface area (Å²) >= 11 is 0. The predicted molar refractivity (Wildman–Crippen MR) is 316 cm³/mol. The van der Waals surface area contributed by atoms with Gasteiger partial charge < -0.3 is 53.9 Å². The van der Waals surface area contributed by atoms with Gasteiger partial charge in [0.15, 0.2) is 0 Å². The fraction of sp³-hybridized carbons (Fsp3) is 0.600. The summed E-state index contributed by atoms with van der Waals surface area (Å²) in [4.78, 5) is 136. The number of benzene rings is 2. The van der Waals surface area contributed by atoms with E-state index < -0.39 is 65.9 Å². The van der Waals surface area contributed by atoms with E-state index in [1.807, 2.05) is 109 Å². The molecule has 0 bridgehead atoms. The highest BCUT2D eigenvalue weighted by molar-refractivity contribution is 7.11. The second-order valence-corrected chi connectivity index (χ2v) is 20.9. The molecule has 447 valence electrons. The topological polar surface area (TPSA) is 299 Å². The van der Waals surface area contributed by atoms with Crippen LogP contribution in [0.1, 0.15) is 63.4 Å². The van der Waals surface area contributed by atoms with Gasteiger partial charge in [-0.15, -0.1) is 0 Å². The maximum Gasteiger partial charge on any atom is 0.370 e. The molecule has 1 saturated heterocycles. The van der Waals surface area contributed by atoms with Crippen LogP contribution in [0.4, 0.5) is 4.79 Å². The van der Waals surface area contributed by atoms with Crippen LogP contribution >= 0.6 is 47.3 Å². The number of fused-ring (bicyclic) bond motifs is 1. The molecule has 1 radical (unpaired) electrons. The van der Waals surface area contributed by atoms with Gasteiger partial charge in [0.2, 0.25) is 17.7 Å². The second kappa shape index (κ2) is 38.2. The quantitative estimate of drug-likeness (QED) is 0.0451. The molecule has 1 saturated carbocycles. The Kier molecular flexibility index (Phi) is 32.4. The highest BCUT2D eigenvalue weighted by Crippen LogP contribution is 2.29. The lowest BCUT2D eigenvalue weighted by Gasteiger charge is -2.33. The molecule has 5 amide bonds. The Morgan fingerprint density at radius 1 is 0.568 bits per heavy atom. The zero-order valence-corrected chi connectivity index (χ0v) is 51.5. The van der Waals surface area contributed by atoms with E-state index in [9.17, 15) is 47.9 Å². The molecule has 0 spiro atoms. The van der Waals surface area contributed by atoms with Crippen LogP contribution in [0.2, 0.25) is 6.82 Å². The average Bonchev–Trinajstić information content (AvgIpc) is 3.47. The third-order valence-corrected chi connectivity index (χ3v) is 15.2. The fourth-order valence-corrected chi connectivity index (χ4v) is 9.89. The van der Waals surface area contributed by atoms with Crippen LogP contribution in [-0.2, 0) is 76.8 Å². The first kappa shape index (κ1) is 68.8. The predicted octanol–water partition coefficient (Wildman–Crippen LogP) is 0.991. The highest BCUT2D eigenvalue weighted by Gasteiger charge is 2.31. The van der Waals surface area contributed by atoms with E-state index in [0.717, 1.165) is 23.8 Å². The van der Waals surface area contributed by atoms with Gasteiger partial charge in [0.05, 0.1) is 73.5 Å². The summed E-state index contributed by atoms with van der Waals surface area (Å²) in [7, 11) is 10.6. The summed E-state index contributed by atoms with van der Waals surface area (Å²) in [6.07, 6.45) is 3.13. The molecular weight excluding hydrogens is 1150 g/mol. The van der Waals surface area contributed by atoms with Gasteiger partial charge in [-0.25, -0.2) is 9.59 Å². The van der Waals surface area contributed by atoms with Gasteiger partial charge in [0, 0.05) is 84.2 Å². The van der Waals surface area contributed by atoms with Crippen LogP contribution in [0.5, 0.6) is 0 Å². The number of nitrogens with one attached hydrogen (secondary N) is 5. The van der Waals surface area contributed by atoms with Crippen LogP contribution in [0, 0.1) is 11.8 Å². The van der Waals surface area contributed by atoms with Crippen LogP contribution in [-0.4, -0.2) is 196 Å². The molecule has 0 aromatic heterocycles. The van der Waals surface area contributed by atoms with Gasteiger partial charge in [-0.3, -0.25) is 58.0 Å². The smallest absolute Gasteiger partial charge is 0.370 e. The average molecular weight is 1230 g/mol. The number of hydrogen-bond donors (Lipinski definition) is 5. The highest BCUT2D eigenvalue weighted by atomic mass is 31.0. The normalized spacial score (nSPS) is 17.9. The molecule has 2 aliphatic rings. The van der Waals surface area contributed by atoms with E-state index in [4.69, 9.17) is 22.7 Å². The molecule has 81 heavy (non-hydrogen) atoms. The third-order valence-electron chi connectivity index (χ3n) is 14.0. The number of urea groups is 1. The van der Waals surface area contributed by atoms with Gasteiger partial charge in [0.1, 0.15) is 18.1 Å². The van der Waals surface area contributed by atoms with Crippen molar-refractivity contribution in [3.05, 3.63) is 48.0 Å². The summed E-state index contributed by atoms with van der Waals surface area (Å²) in [5.74, 6) is -4.70. The van der Waals surface area contributed by atoms with Crippen molar-refractivity contribution in [1.29, 1.82) is 0 Å². The number of carbonyl (C=O) groups is 10. The molecule has 31 heteroatoms. The Balaban J connectivity index is 1.33. The maximum atomic E-state index is 14.0. The van der Waals surface area contributed by atoms with Crippen molar-refractivity contribution in [1.82, 2.24) is 46.2 Å². The molecule has 8 unspecified atom stereocenters. The monoisotopic (exact) mass is 1230 g/mol. The first-order chi connectivity index (χ1) is 39.0. The molecule has 2 aromatic rings. The fourth-order valence-electron chi connectivity index (χ4n) is 9.38.